The van der Waals surface area contributed by atoms with Crippen molar-refractivity contribution in [1.29, 1.82) is 0 Å². The Kier molecular flexibility index (Phi) is 3.48. The fourth-order valence-electron chi connectivity index (χ4n) is 3.57. The van der Waals surface area contributed by atoms with E-state index in [4.69, 9.17) is 11.6 Å². The monoisotopic (exact) mass is 297 g/mol. The van der Waals surface area contributed by atoms with Crippen molar-refractivity contribution in [3.63, 3.8) is 0 Å². The van der Waals surface area contributed by atoms with Crippen LogP contribution in [0.1, 0.15) is 48.0 Å². The Morgan fingerprint density at radius 2 is 1.81 bits per heavy atom. The SMILES string of the molecule is Clc1ccc2c(c1)CCC2NC(c1ccccc1)C1CC1. The van der Waals surface area contributed by atoms with Gasteiger partial charge < -0.3 is 5.32 Å². The first-order valence-corrected chi connectivity index (χ1v) is 8.28. The van der Waals surface area contributed by atoms with E-state index in [1.54, 1.807) is 0 Å². The fourth-order valence-corrected chi connectivity index (χ4v) is 3.77. The first kappa shape index (κ1) is 13.4. The summed E-state index contributed by atoms with van der Waals surface area (Å²) in [5.41, 5.74) is 4.30. The summed E-state index contributed by atoms with van der Waals surface area (Å²) in [7, 11) is 0. The summed E-state index contributed by atoms with van der Waals surface area (Å²) >= 11 is 6.11. The average molecular weight is 298 g/mol. The highest BCUT2D eigenvalue weighted by molar-refractivity contribution is 6.30. The molecule has 2 aromatic carbocycles. The zero-order valence-electron chi connectivity index (χ0n) is 12.1. The molecule has 0 spiro atoms. The molecule has 108 valence electrons. The maximum atomic E-state index is 6.11. The molecule has 0 aromatic heterocycles. The predicted molar refractivity (Wildman–Crippen MR) is 87.6 cm³/mol. The molecule has 21 heavy (non-hydrogen) atoms. The minimum Gasteiger partial charge on any atom is -0.303 e. The number of rotatable bonds is 4. The number of fused-ring (bicyclic) bond motifs is 1. The maximum absolute atomic E-state index is 6.11. The summed E-state index contributed by atoms with van der Waals surface area (Å²) < 4.78 is 0. The van der Waals surface area contributed by atoms with Gasteiger partial charge in [-0.25, -0.2) is 0 Å². The van der Waals surface area contributed by atoms with Crippen LogP contribution in [0.25, 0.3) is 0 Å². The number of benzene rings is 2. The second kappa shape index (κ2) is 5.47. The Balaban J connectivity index is 1.58. The van der Waals surface area contributed by atoms with Crippen molar-refractivity contribution in [2.45, 2.75) is 37.8 Å². The van der Waals surface area contributed by atoms with E-state index in [0.29, 0.717) is 12.1 Å². The van der Waals surface area contributed by atoms with Crippen molar-refractivity contribution in [1.82, 2.24) is 5.32 Å². The number of nitrogens with one attached hydrogen (secondary N) is 1. The van der Waals surface area contributed by atoms with Crippen molar-refractivity contribution in [2.75, 3.05) is 0 Å². The van der Waals surface area contributed by atoms with Crippen molar-refractivity contribution in [2.24, 2.45) is 5.92 Å². The second-order valence-electron chi connectivity index (χ2n) is 6.33. The lowest BCUT2D eigenvalue weighted by Gasteiger charge is -2.24. The summed E-state index contributed by atoms with van der Waals surface area (Å²) in [4.78, 5) is 0. The lowest BCUT2D eigenvalue weighted by Crippen LogP contribution is -2.26. The van der Waals surface area contributed by atoms with Gasteiger partial charge in [0, 0.05) is 17.1 Å². The van der Waals surface area contributed by atoms with E-state index in [0.717, 1.165) is 17.4 Å². The predicted octanol–water partition coefficient (Wildman–Crippen LogP) is 5.07. The topological polar surface area (TPSA) is 12.0 Å². The molecule has 0 aliphatic heterocycles. The Morgan fingerprint density at radius 1 is 1.00 bits per heavy atom. The standard InChI is InChI=1S/C19H20ClN/c20-16-9-10-17-15(12-16)8-11-18(17)21-19(14-6-7-14)13-4-2-1-3-5-13/h1-5,9-10,12,14,18-19,21H,6-8,11H2. The molecular weight excluding hydrogens is 278 g/mol. The number of hydrogen-bond donors (Lipinski definition) is 1. The largest absolute Gasteiger partial charge is 0.303 e. The summed E-state index contributed by atoms with van der Waals surface area (Å²) in [6, 6.07) is 18.2. The average Bonchev–Trinajstić information content (AvgIpc) is 3.27. The summed E-state index contributed by atoms with van der Waals surface area (Å²) in [5, 5.41) is 4.78. The van der Waals surface area contributed by atoms with Gasteiger partial charge in [-0.2, -0.15) is 0 Å². The zero-order valence-corrected chi connectivity index (χ0v) is 12.8. The van der Waals surface area contributed by atoms with Gasteiger partial charge in [-0.1, -0.05) is 48.0 Å². The first-order valence-electron chi connectivity index (χ1n) is 7.90. The minimum absolute atomic E-state index is 0.475. The molecule has 1 fully saturated rings. The van der Waals surface area contributed by atoms with Crippen LogP contribution in [0.4, 0.5) is 0 Å². The van der Waals surface area contributed by atoms with E-state index in [2.05, 4.69) is 47.8 Å². The molecule has 2 aliphatic carbocycles. The summed E-state index contributed by atoms with van der Waals surface area (Å²) in [6.45, 7) is 0. The highest BCUT2D eigenvalue weighted by atomic mass is 35.5. The molecule has 2 heteroatoms. The van der Waals surface area contributed by atoms with Crippen LogP contribution < -0.4 is 5.32 Å². The van der Waals surface area contributed by atoms with Gasteiger partial charge in [-0.15, -0.1) is 0 Å². The summed E-state index contributed by atoms with van der Waals surface area (Å²) in [6.07, 6.45) is 5.03. The zero-order chi connectivity index (χ0) is 14.2. The van der Waals surface area contributed by atoms with E-state index in [-0.39, 0.29) is 0 Å². The van der Waals surface area contributed by atoms with Gasteiger partial charge in [0.1, 0.15) is 0 Å². The number of hydrogen-bond acceptors (Lipinski definition) is 1. The van der Waals surface area contributed by atoms with Crippen LogP contribution >= 0.6 is 11.6 Å². The number of aryl methyl sites for hydroxylation is 1. The third-order valence-corrected chi connectivity index (χ3v) is 5.05. The molecule has 2 aliphatic rings. The molecule has 4 rings (SSSR count). The smallest absolute Gasteiger partial charge is 0.0408 e. The van der Waals surface area contributed by atoms with Gasteiger partial charge in [-0.05, 0) is 60.4 Å². The van der Waals surface area contributed by atoms with Crippen molar-refractivity contribution < 1.29 is 0 Å². The molecule has 0 radical (unpaired) electrons. The lowest BCUT2D eigenvalue weighted by molar-refractivity contribution is 0.408. The van der Waals surface area contributed by atoms with Crippen molar-refractivity contribution >= 4 is 11.6 Å². The van der Waals surface area contributed by atoms with E-state index in [1.165, 1.54) is 36.0 Å². The quantitative estimate of drug-likeness (QED) is 0.831. The Bertz CT molecular complexity index is 633. The van der Waals surface area contributed by atoms with Gasteiger partial charge in [0.25, 0.3) is 0 Å². The Morgan fingerprint density at radius 3 is 2.57 bits per heavy atom. The van der Waals surface area contributed by atoms with Crippen molar-refractivity contribution in [3.8, 4) is 0 Å². The van der Waals surface area contributed by atoms with E-state index >= 15 is 0 Å². The van der Waals surface area contributed by atoms with Crippen LogP contribution in [-0.4, -0.2) is 0 Å². The molecular formula is C19H20ClN. The molecule has 0 bridgehead atoms. The molecule has 1 saturated carbocycles. The highest BCUT2D eigenvalue weighted by Crippen LogP contribution is 2.44. The molecule has 1 N–H and O–H groups in total. The van der Waals surface area contributed by atoms with Crippen molar-refractivity contribution in [3.05, 3.63) is 70.2 Å². The molecule has 2 unspecified atom stereocenters. The Hall–Kier alpha value is -1.31. The van der Waals surface area contributed by atoms with E-state index in [9.17, 15) is 0 Å². The van der Waals surface area contributed by atoms with Crippen LogP contribution in [0.3, 0.4) is 0 Å². The molecule has 0 amide bonds. The Labute approximate surface area is 131 Å². The maximum Gasteiger partial charge on any atom is 0.0408 e. The normalized spacial score (nSPS) is 22.0. The van der Waals surface area contributed by atoms with Gasteiger partial charge in [0.05, 0.1) is 0 Å². The first-order chi connectivity index (χ1) is 10.3. The van der Waals surface area contributed by atoms with E-state index < -0.39 is 0 Å². The fraction of sp³-hybridized carbons (Fsp3) is 0.368. The molecule has 1 nitrogen and oxygen atoms in total. The molecule has 2 aromatic rings. The van der Waals surface area contributed by atoms with E-state index in [1.807, 2.05) is 6.07 Å². The van der Waals surface area contributed by atoms with Crippen LogP contribution in [0.15, 0.2) is 48.5 Å². The minimum atomic E-state index is 0.475. The lowest BCUT2D eigenvalue weighted by atomic mass is 9.99. The third kappa shape index (κ3) is 2.73. The number of halogens is 1. The van der Waals surface area contributed by atoms with Gasteiger partial charge >= 0.3 is 0 Å². The molecule has 0 heterocycles. The van der Waals surface area contributed by atoms with Crippen LogP contribution in [0.2, 0.25) is 5.02 Å². The molecule has 0 saturated heterocycles. The second-order valence-corrected chi connectivity index (χ2v) is 6.76. The van der Waals surface area contributed by atoms with Crippen LogP contribution in [0, 0.1) is 5.92 Å². The van der Waals surface area contributed by atoms with Gasteiger partial charge in [0.15, 0.2) is 0 Å². The highest BCUT2D eigenvalue weighted by Gasteiger charge is 2.35. The van der Waals surface area contributed by atoms with Gasteiger partial charge in [-0.3, -0.25) is 0 Å². The van der Waals surface area contributed by atoms with Crippen LogP contribution in [0.5, 0.6) is 0 Å². The molecule has 2 atom stereocenters. The third-order valence-electron chi connectivity index (χ3n) is 4.82. The summed E-state index contributed by atoms with van der Waals surface area (Å²) in [5.74, 6) is 0.809. The van der Waals surface area contributed by atoms with Crippen LogP contribution in [-0.2, 0) is 6.42 Å². The van der Waals surface area contributed by atoms with Gasteiger partial charge in [0.2, 0.25) is 0 Å².